The fourth-order valence-corrected chi connectivity index (χ4v) is 3.49. The minimum atomic E-state index is -0.185. The Labute approximate surface area is 161 Å². The third kappa shape index (κ3) is 4.42. The summed E-state index contributed by atoms with van der Waals surface area (Å²) >= 11 is 10.5. The molecule has 8 heteroatoms. The predicted molar refractivity (Wildman–Crippen MR) is 105 cm³/mol. The lowest BCUT2D eigenvalue weighted by atomic mass is 10.1. The van der Waals surface area contributed by atoms with Gasteiger partial charge >= 0.3 is 0 Å². The maximum Gasteiger partial charge on any atom is 0.235 e. The summed E-state index contributed by atoms with van der Waals surface area (Å²) in [6.45, 7) is 0. The summed E-state index contributed by atoms with van der Waals surface area (Å²) in [5, 5.41) is 3.39. The average molecular weight is 439 g/mol. The van der Waals surface area contributed by atoms with Gasteiger partial charge in [-0.05, 0) is 52.3 Å². The molecule has 0 saturated carbocycles. The number of hydrogen-bond acceptors (Lipinski definition) is 4. The standard InChI is InChI=1S/C17H13BrClN3O2S/c18-13-2-1-7-22-15(8-20-17(13)22)21-16(24)10-25-9-14(23)11-3-5-12(19)6-4-11/h1-8H,9-10H2,(H,21,24). The van der Waals surface area contributed by atoms with Gasteiger partial charge < -0.3 is 5.32 Å². The van der Waals surface area contributed by atoms with Crippen molar-refractivity contribution >= 4 is 62.4 Å². The van der Waals surface area contributed by atoms with Crippen LogP contribution in [-0.2, 0) is 4.79 Å². The first kappa shape index (κ1) is 18.0. The molecule has 25 heavy (non-hydrogen) atoms. The zero-order valence-electron chi connectivity index (χ0n) is 12.9. The van der Waals surface area contributed by atoms with Crippen LogP contribution in [0.3, 0.4) is 0 Å². The van der Waals surface area contributed by atoms with E-state index in [1.807, 2.05) is 18.3 Å². The molecule has 2 heterocycles. The largest absolute Gasteiger partial charge is 0.310 e. The fourth-order valence-electron chi connectivity index (χ4n) is 2.20. The number of fused-ring (bicyclic) bond motifs is 1. The van der Waals surface area contributed by atoms with Gasteiger partial charge in [0.2, 0.25) is 5.91 Å². The highest BCUT2D eigenvalue weighted by molar-refractivity contribution is 9.10. The van der Waals surface area contributed by atoms with E-state index >= 15 is 0 Å². The van der Waals surface area contributed by atoms with Gasteiger partial charge in [0.05, 0.1) is 22.2 Å². The maximum atomic E-state index is 12.1. The van der Waals surface area contributed by atoms with Crippen LogP contribution in [0.4, 0.5) is 5.82 Å². The van der Waals surface area contributed by atoms with Crippen molar-refractivity contribution in [2.45, 2.75) is 0 Å². The summed E-state index contributed by atoms with van der Waals surface area (Å²) in [6.07, 6.45) is 3.42. The lowest BCUT2D eigenvalue weighted by Gasteiger charge is -2.05. The van der Waals surface area contributed by atoms with Gasteiger partial charge in [-0.3, -0.25) is 14.0 Å². The molecule has 1 aromatic carbocycles. The molecule has 0 bridgehead atoms. The zero-order valence-corrected chi connectivity index (χ0v) is 16.1. The van der Waals surface area contributed by atoms with Crippen molar-refractivity contribution in [2.24, 2.45) is 0 Å². The quantitative estimate of drug-likeness (QED) is 0.583. The van der Waals surface area contributed by atoms with E-state index in [0.29, 0.717) is 16.4 Å². The van der Waals surface area contributed by atoms with Crippen molar-refractivity contribution < 1.29 is 9.59 Å². The number of nitrogens with one attached hydrogen (secondary N) is 1. The summed E-state index contributed by atoms with van der Waals surface area (Å²) in [7, 11) is 0. The minimum absolute atomic E-state index is 0.0341. The van der Waals surface area contributed by atoms with Crippen LogP contribution in [0.25, 0.3) is 5.65 Å². The normalized spacial score (nSPS) is 10.8. The van der Waals surface area contributed by atoms with Crippen LogP contribution in [0, 0.1) is 0 Å². The van der Waals surface area contributed by atoms with E-state index in [0.717, 1.165) is 10.1 Å². The third-order valence-electron chi connectivity index (χ3n) is 3.39. The molecular weight excluding hydrogens is 426 g/mol. The molecule has 0 unspecified atom stereocenters. The Morgan fingerprint density at radius 1 is 1.20 bits per heavy atom. The first-order valence-corrected chi connectivity index (χ1v) is 9.65. The van der Waals surface area contributed by atoms with E-state index in [1.165, 1.54) is 11.8 Å². The molecule has 5 nitrogen and oxygen atoms in total. The highest BCUT2D eigenvalue weighted by Gasteiger charge is 2.11. The number of pyridine rings is 1. The summed E-state index contributed by atoms with van der Waals surface area (Å²) < 4.78 is 2.63. The lowest BCUT2D eigenvalue weighted by Crippen LogP contribution is -2.16. The number of carbonyl (C=O) groups is 2. The molecule has 3 aromatic rings. The molecule has 0 saturated heterocycles. The molecule has 1 amide bonds. The molecule has 0 fully saturated rings. The SMILES string of the molecule is O=C(CSCC(=O)c1ccc(Cl)cc1)Nc1cnc2c(Br)cccn12. The van der Waals surface area contributed by atoms with Crippen LogP contribution in [0.1, 0.15) is 10.4 Å². The topological polar surface area (TPSA) is 63.5 Å². The number of rotatable bonds is 6. The van der Waals surface area contributed by atoms with E-state index in [2.05, 4.69) is 26.2 Å². The van der Waals surface area contributed by atoms with Gasteiger partial charge in [-0.15, -0.1) is 11.8 Å². The third-order valence-corrected chi connectivity index (χ3v) is 5.19. The van der Waals surface area contributed by atoms with Crippen molar-refractivity contribution in [3.05, 3.63) is 63.9 Å². The zero-order chi connectivity index (χ0) is 17.8. The summed E-state index contributed by atoms with van der Waals surface area (Å²) in [4.78, 5) is 28.4. The highest BCUT2D eigenvalue weighted by Crippen LogP contribution is 2.20. The smallest absolute Gasteiger partial charge is 0.235 e. The molecule has 0 aliphatic rings. The molecule has 128 valence electrons. The van der Waals surface area contributed by atoms with Gasteiger partial charge in [-0.2, -0.15) is 0 Å². The number of carbonyl (C=O) groups excluding carboxylic acids is 2. The summed E-state index contributed by atoms with van der Waals surface area (Å²) in [5.41, 5.74) is 1.31. The van der Waals surface area contributed by atoms with Gasteiger partial charge in [0.25, 0.3) is 0 Å². The van der Waals surface area contributed by atoms with Crippen LogP contribution in [0.5, 0.6) is 0 Å². The lowest BCUT2D eigenvalue weighted by molar-refractivity contribution is -0.113. The number of nitrogens with zero attached hydrogens (tertiary/aromatic N) is 2. The average Bonchev–Trinajstić information content (AvgIpc) is 3.00. The van der Waals surface area contributed by atoms with E-state index in [-0.39, 0.29) is 23.2 Å². The first-order valence-electron chi connectivity index (χ1n) is 7.32. The van der Waals surface area contributed by atoms with Crippen LogP contribution >= 0.6 is 39.3 Å². The van der Waals surface area contributed by atoms with Gasteiger partial charge in [0.15, 0.2) is 11.4 Å². The number of benzene rings is 1. The summed E-state index contributed by atoms with van der Waals surface area (Å²) in [6, 6.07) is 10.5. The van der Waals surface area contributed by atoms with Gasteiger partial charge in [-0.25, -0.2) is 4.98 Å². The number of aromatic nitrogens is 2. The Morgan fingerprint density at radius 3 is 2.72 bits per heavy atom. The van der Waals surface area contributed by atoms with Crippen molar-refractivity contribution in [2.75, 3.05) is 16.8 Å². The molecule has 0 aliphatic carbocycles. The number of Topliss-reactive ketones (excluding diaryl/α,β-unsaturated/α-hetero) is 1. The second-order valence-electron chi connectivity index (χ2n) is 5.16. The van der Waals surface area contributed by atoms with Crippen molar-refractivity contribution in [3.63, 3.8) is 0 Å². The molecule has 2 aromatic heterocycles. The molecule has 0 radical (unpaired) electrons. The number of imidazole rings is 1. The van der Waals surface area contributed by atoms with Crippen LogP contribution in [0.2, 0.25) is 5.02 Å². The Hall–Kier alpha value is -1.83. The summed E-state index contributed by atoms with van der Waals surface area (Å²) in [5.74, 6) is 0.781. The van der Waals surface area contributed by atoms with Gasteiger partial charge in [0, 0.05) is 16.8 Å². The van der Waals surface area contributed by atoms with E-state index in [1.54, 1.807) is 34.9 Å². The number of hydrogen-bond donors (Lipinski definition) is 1. The monoisotopic (exact) mass is 437 g/mol. The molecule has 1 N–H and O–H groups in total. The minimum Gasteiger partial charge on any atom is -0.310 e. The number of halogens is 2. The van der Waals surface area contributed by atoms with Crippen LogP contribution < -0.4 is 5.32 Å². The first-order chi connectivity index (χ1) is 12.0. The molecule has 0 aliphatic heterocycles. The van der Waals surface area contributed by atoms with Crippen LogP contribution in [0.15, 0.2) is 53.3 Å². The number of ketones is 1. The predicted octanol–water partition coefficient (Wildman–Crippen LogP) is 4.30. The van der Waals surface area contributed by atoms with Crippen molar-refractivity contribution in [3.8, 4) is 0 Å². The Balaban J connectivity index is 1.53. The number of amides is 1. The molecular formula is C17H13BrClN3O2S. The van der Waals surface area contributed by atoms with Gasteiger partial charge in [-0.1, -0.05) is 11.6 Å². The Bertz CT molecular complexity index is 927. The maximum absolute atomic E-state index is 12.1. The van der Waals surface area contributed by atoms with Crippen LogP contribution in [-0.4, -0.2) is 32.6 Å². The Morgan fingerprint density at radius 2 is 1.96 bits per heavy atom. The molecule has 0 spiro atoms. The number of anilines is 1. The van der Waals surface area contributed by atoms with E-state index < -0.39 is 0 Å². The Kier molecular flexibility index (Phi) is 5.78. The highest BCUT2D eigenvalue weighted by atomic mass is 79.9. The second-order valence-corrected chi connectivity index (χ2v) is 7.44. The fraction of sp³-hybridized carbons (Fsp3) is 0.118. The molecule has 0 atom stereocenters. The van der Waals surface area contributed by atoms with E-state index in [4.69, 9.17) is 11.6 Å². The second kappa shape index (κ2) is 8.03. The van der Waals surface area contributed by atoms with Crippen molar-refractivity contribution in [1.29, 1.82) is 0 Å². The number of thioether (sulfide) groups is 1. The van der Waals surface area contributed by atoms with Gasteiger partial charge in [0.1, 0.15) is 5.82 Å². The molecule has 3 rings (SSSR count). The van der Waals surface area contributed by atoms with Crippen molar-refractivity contribution in [1.82, 2.24) is 9.38 Å². The van der Waals surface area contributed by atoms with E-state index in [9.17, 15) is 9.59 Å².